The number of likely N-dealkylation sites (N-methyl/N-ethyl adjacent to an activating group) is 1. The normalized spacial score (nSPS) is 15.8. The maximum atomic E-state index is 12.7. The summed E-state index contributed by atoms with van der Waals surface area (Å²) in [5.74, 6) is 0.489. The fraction of sp³-hybridized carbons (Fsp3) is 0.842. The molecule has 2 heterocycles. The first-order valence-electron chi connectivity index (χ1n) is 10.1. The summed E-state index contributed by atoms with van der Waals surface area (Å²) in [4.78, 5) is 15.1. The number of carbonyl (C=O) groups excluding carboxylic acids is 1. The predicted octanol–water partition coefficient (Wildman–Crippen LogP) is 2.84. The van der Waals surface area contributed by atoms with Crippen LogP contribution in [0.3, 0.4) is 0 Å². The molecule has 1 unspecified atom stereocenters. The summed E-state index contributed by atoms with van der Waals surface area (Å²) in [5, 5.41) is 14.9. The molecule has 0 radical (unpaired) electrons. The first-order chi connectivity index (χ1) is 12.5. The Morgan fingerprint density at radius 1 is 1.25 bits per heavy atom. The molecule has 2 rings (SSSR count). The van der Waals surface area contributed by atoms with E-state index in [9.17, 15) is 4.79 Å². The molecule has 0 bridgehead atoms. The molecule has 1 aliphatic heterocycles. The molecule has 1 aliphatic rings. The molecule has 9 heteroatoms. The smallest absolute Gasteiger partial charge is 0.273 e. The molecule has 1 atom stereocenters. The Morgan fingerprint density at radius 2 is 1.86 bits per heavy atom. The van der Waals surface area contributed by atoms with E-state index >= 15 is 0 Å². The summed E-state index contributed by atoms with van der Waals surface area (Å²) in [5.41, 5.74) is 1.34. The van der Waals surface area contributed by atoms with E-state index in [1.807, 2.05) is 11.6 Å². The second kappa shape index (κ2) is 13.4. The summed E-state index contributed by atoms with van der Waals surface area (Å²) in [7, 11) is 0. The topological polar surface area (TPSA) is 75.1 Å². The van der Waals surface area contributed by atoms with Crippen LogP contribution in [0.2, 0.25) is 0 Å². The number of carbonyl (C=O) groups is 1. The highest BCUT2D eigenvalue weighted by Gasteiger charge is 2.24. The van der Waals surface area contributed by atoms with Crippen LogP contribution in [0.1, 0.15) is 69.2 Å². The number of nitrogens with zero attached hydrogens (tertiary/aromatic N) is 4. The van der Waals surface area contributed by atoms with Gasteiger partial charge in [-0.2, -0.15) is 0 Å². The lowest BCUT2D eigenvalue weighted by Gasteiger charge is -2.31. The van der Waals surface area contributed by atoms with Crippen molar-refractivity contribution in [1.82, 2.24) is 30.5 Å². The van der Waals surface area contributed by atoms with Crippen molar-refractivity contribution >= 4 is 30.7 Å². The van der Waals surface area contributed by atoms with Crippen LogP contribution in [-0.2, 0) is 0 Å². The van der Waals surface area contributed by atoms with E-state index in [2.05, 4.69) is 53.5 Å². The molecule has 0 spiro atoms. The molecule has 7 nitrogen and oxygen atoms in total. The fourth-order valence-corrected chi connectivity index (χ4v) is 3.89. The average Bonchev–Trinajstić information content (AvgIpc) is 3.02. The molecule has 1 aromatic rings. The van der Waals surface area contributed by atoms with Gasteiger partial charge in [-0.05, 0) is 58.3 Å². The van der Waals surface area contributed by atoms with Crippen LogP contribution < -0.4 is 10.6 Å². The lowest BCUT2D eigenvalue weighted by Crippen LogP contribution is -2.44. The van der Waals surface area contributed by atoms with Gasteiger partial charge in [-0.1, -0.05) is 32.9 Å². The Morgan fingerprint density at radius 3 is 2.39 bits per heavy atom. The van der Waals surface area contributed by atoms with Crippen LogP contribution >= 0.6 is 24.8 Å². The highest BCUT2D eigenvalue weighted by atomic mass is 35.5. The second-order valence-electron chi connectivity index (χ2n) is 7.66. The molecule has 1 aromatic heterocycles. The summed E-state index contributed by atoms with van der Waals surface area (Å²) in [6, 6.07) is 0.698. The van der Waals surface area contributed by atoms with Gasteiger partial charge in [0.1, 0.15) is 0 Å². The van der Waals surface area contributed by atoms with Crippen molar-refractivity contribution in [2.24, 2.45) is 5.92 Å². The van der Waals surface area contributed by atoms with Gasteiger partial charge in [0.25, 0.3) is 5.91 Å². The van der Waals surface area contributed by atoms with Crippen molar-refractivity contribution in [3.05, 3.63) is 11.4 Å². The first-order valence-corrected chi connectivity index (χ1v) is 10.1. The minimum Gasteiger partial charge on any atom is -0.349 e. The van der Waals surface area contributed by atoms with E-state index in [0.717, 1.165) is 51.1 Å². The number of amides is 1. The van der Waals surface area contributed by atoms with Gasteiger partial charge < -0.3 is 10.6 Å². The van der Waals surface area contributed by atoms with Crippen molar-refractivity contribution in [2.75, 3.05) is 32.7 Å². The lowest BCUT2D eigenvalue weighted by atomic mass is 10.0. The summed E-state index contributed by atoms with van der Waals surface area (Å²) in [6.45, 7) is 15.4. The quantitative estimate of drug-likeness (QED) is 0.622. The number of rotatable bonds is 9. The lowest BCUT2D eigenvalue weighted by molar-refractivity contribution is 0.0923. The molecule has 0 aromatic carbocycles. The molecular weight excluding hydrogens is 399 g/mol. The summed E-state index contributed by atoms with van der Waals surface area (Å²) in [6.07, 6.45) is 3.13. The Balaban J connectivity index is 0.00000364. The van der Waals surface area contributed by atoms with Crippen LogP contribution in [0.5, 0.6) is 0 Å². The van der Waals surface area contributed by atoms with Gasteiger partial charge >= 0.3 is 0 Å². The first kappa shape index (κ1) is 27.1. The zero-order valence-electron chi connectivity index (χ0n) is 17.9. The molecule has 28 heavy (non-hydrogen) atoms. The average molecular weight is 437 g/mol. The van der Waals surface area contributed by atoms with Crippen molar-refractivity contribution < 1.29 is 4.79 Å². The van der Waals surface area contributed by atoms with Gasteiger partial charge in [0.2, 0.25) is 0 Å². The van der Waals surface area contributed by atoms with Crippen LogP contribution in [0.25, 0.3) is 0 Å². The van der Waals surface area contributed by atoms with E-state index in [4.69, 9.17) is 0 Å². The molecule has 1 saturated heterocycles. The van der Waals surface area contributed by atoms with Crippen LogP contribution in [0.15, 0.2) is 0 Å². The highest BCUT2D eigenvalue weighted by Crippen LogP contribution is 2.20. The van der Waals surface area contributed by atoms with E-state index in [-0.39, 0.29) is 30.7 Å². The van der Waals surface area contributed by atoms with E-state index in [1.54, 1.807) is 0 Å². The Bertz CT molecular complexity index is 571. The maximum absolute atomic E-state index is 12.7. The van der Waals surface area contributed by atoms with Crippen molar-refractivity contribution in [2.45, 2.75) is 66.0 Å². The third-order valence-corrected chi connectivity index (χ3v) is 5.37. The van der Waals surface area contributed by atoms with Crippen LogP contribution in [-0.4, -0.2) is 64.6 Å². The minimum absolute atomic E-state index is 0. The molecule has 0 aliphatic carbocycles. The number of nitrogens with one attached hydrogen (secondary N) is 2. The van der Waals surface area contributed by atoms with Crippen molar-refractivity contribution in [3.63, 3.8) is 0 Å². The summed E-state index contributed by atoms with van der Waals surface area (Å²) < 4.78 is 1.94. The van der Waals surface area contributed by atoms with Gasteiger partial charge in [0.05, 0.1) is 11.7 Å². The Labute approximate surface area is 182 Å². The predicted molar refractivity (Wildman–Crippen MR) is 119 cm³/mol. The highest BCUT2D eigenvalue weighted by molar-refractivity contribution is 5.93. The van der Waals surface area contributed by atoms with Gasteiger partial charge in [-0.15, -0.1) is 29.9 Å². The number of aromatic nitrogens is 3. The third-order valence-electron chi connectivity index (χ3n) is 5.37. The maximum Gasteiger partial charge on any atom is 0.273 e. The number of hydrogen-bond acceptors (Lipinski definition) is 5. The largest absolute Gasteiger partial charge is 0.349 e. The molecular formula is C19H38Cl2N6O. The number of halogens is 2. The second-order valence-corrected chi connectivity index (χ2v) is 7.66. The fourth-order valence-electron chi connectivity index (χ4n) is 3.89. The monoisotopic (exact) mass is 436 g/mol. The molecule has 2 N–H and O–H groups in total. The minimum atomic E-state index is -0.108. The van der Waals surface area contributed by atoms with Crippen molar-refractivity contribution in [3.8, 4) is 0 Å². The van der Waals surface area contributed by atoms with Gasteiger partial charge in [0, 0.05) is 12.6 Å². The summed E-state index contributed by atoms with van der Waals surface area (Å²) >= 11 is 0. The van der Waals surface area contributed by atoms with Crippen LogP contribution in [0, 0.1) is 12.8 Å². The molecule has 1 amide bonds. The van der Waals surface area contributed by atoms with E-state index < -0.39 is 0 Å². The standard InChI is InChI=1S/C19H36N6O.2ClH/c1-6-24(7-2)17(12-14(3)4)13-21-19(26)18-15(5)25(23-22-18)16-8-10-20-11-9-16;;/h14,16-17,20H,6-13H2,1-5H3,(H,21,26);2*1H. The zero-order valence-corrected chi connectivity index (χ0v) is 19.5. The van der Waals surface area contributed by atoms with E-state index in [0.29, 0.717) is 30.2 Å². The van der Waals surface area contributed by atoms with Gasteiger partial charge in [-0.3, -0.25) is 9.69 Å². The third kappa shape index (κ3) is 7.17. The van der Waals surface area contributed by atoms with Gasteiger partial charge in [0.15, 0.2) is 5.69 Å². The molecule has 164 valence electrons. The van der Waals surface area contributed by atoms with E-state index in [1.165, 1.54) is 0 Å². The Hall–Kier alpha value is -0.890. The van der Waals surface area contributed by atoms with Crippen molar-refractivity contribution in [1.29, 1.82) is 0 Å². The molecule has 0 saturated carbocycles. The van der Waals surface area contributed by atoms with Crippen LogP contribution in [0.4, 0.5) is 0 Å². The molecule has 1 fully saturated rings. The number of hydrogen-bond donors (Lipinski definition) is 2. The SMILES string of the molecule is CCN(CC)C(CNC(=O)c1nnn(C2CCNCC2)c1C)CC(C)C.Cl.Cl. The number of piperidine rings is 1. The van der Waals surface area contributed by atoms with Gasteiger partial charge in [-0.25, -0.2) is 4.68 Å². The zero-order chi connectivity index (χ0) is 19.1. The Kier molecular flexibility index (Phi) is 12.9.